The van der Waals surface area contributed by atoms with Crippen LogP contribution in [0.4, 0.5) is 5.69 Å². The Hall–Kier alpha value is -2.02. The quantitative estimate of drug-likeness (QED) is 0.779. The van der Waals surface area contributed by atoms with Gasteiger partial charge in [-0.3, -0.25) is 0 Å². The van der Waals surface area contributed by atoms with Gasteiger partial charge in [0.15, 0.2) is 0 Å². The average Bonchev–Trinajstić information content (AvgIpc) is 2.81. The molecule has 1 aliphatic carbocycles. The summed E-state index contributed by atoms with van der Waals surface area (Å²) < 4.78 is 0. The summed E-state index contributed by atoms with van der Waals surface area (Å²) in [6.07, 6.45) is 4.54. The first-order valence-corrected chi connectivity index (χ1v) is 6.76. The van der Waals surface area contributed by atoms with Crippen molar-refractivity contribution in [1.29, 1.82) is 0 Å². The van der Waals surface area contributed by atoms with E-state index < -0.39 is 0 Å². The normalized spacial score (nSPS) is 13.3. The van der Waals surface area contributed by atoms with Crippen molar-refractivity contribution in [2.75, 3.05) is 19.0 Å². The topological polar surface area (TPSA) is 3.24 Å². The van der Waals surface area contributed by atoms with E-state index in [2.05, 4.69) is 73.6 Å². The smallest absolute Gasteiger partial charge is 0.0361 e. The van der Waals surface area contributed by atoms with Crippen LogP contribution in [0.25, 0.3) is 6.08 Å². The number of nitrogens with zero attached hydrogens (tertiary/aromatic N) is 1. The Balaban J connectivity index is 1.81. The molecule has 0 N–H and O–H groups in total. The number of allylic oxidation sites excluding steroid dienone is 1. The Kier molecular flexibility index (Phi) is 3.12. The summed E-state index contributed by atoms with van der Waals surface area (Å²) in [6.45, 7) is 0. The van der Waals surface area contributed by atoms with Crippen LogP contribution in [0.2, 0.25) is 0 Å². The van der Waals surface area contributed by atoms with Gasteiger partial charge in [0, 0.05) is 19.8 Å². The van der Waals surface area contributed by atoms with Gasteiger partial charge in [0.05, 0.1) is 0 Å². The second kappa shape index (κ2) is 4.93. The molecule has 0 radical (unpaired) electrons. The monoisotopic (exact) mass is 249 g/mol. The van der Waals surface area contributed by atoms with Crippen molar-refractivity contribution in [1.82, 2.24) is 0 Å². The van der Waals surface area contributed by atoms with E-state index in [1.54, 1.807) is 0 Å². The van der Waals surface area contributed by atoms with Crippen LogP contribution in [-0.2, 0) is 12.8 Å². The van der Waals surface area contributed by atoms with Crippen LogP contribution in [0.3, 0.4) is 0 Å². The maximum Gasteiger partial charge on any atom is 0.0361 e. The minimum Gasteiger partial charge on any atom is -0.378 e. The second-order valence-electron chi connectivity index (χ2n) is 5.41. The van der Waals surface area contributed by atoms with E-state index in [4.69, 9.17) is 0 Å². The third kappa shape index (κ3) is 2.55. The van der Waals surface area contributed by atoms with Gasteiger partial charge >= 0.3 is 0 Å². The van der Waals surface area contributed by atoms with Gasteiger partial charge in [-0.25, -0.2) is 0 Å². The van der Waals surface area contributed by atoms with Crippen molar-refractivity contribution in [2.24, 2.45) is 0 Å². The molecule has 1 nitrogen and oxygen atoms in total. The third-order valence-corrected chi connectivity index (χ3v) is 3.73. The number of rotatable bonds is 2. The molecule has 0 aromatic heterocycles. The lowest BCUT2D eigenvalue weighted by atomic mass is 10.1. The SMILES string of the molecule is CN(C)c1ccc(C=C2Cc3ccccc3C2)cc1. The molecule has 19 heavy (non-hydrogen) atoms. The second-order valence-corrected chi connectivity index (χ2v) is 5.41. The van der Waals surface area contributed by atoms with Gasteiger partial charge in [0.1, 0.15) is 0 Å². The van der Waals surface area contributed by atoms with Gasteiger partial charge in [-0.2, -0.15) is 0 Å². The molecule has 0 atom stereocenters. The van der Waals surface area contributed by atoms with E-state index in [9.17, 15) is 0 Å². The van der Waals surface area contributed by atoms with E-state index in [0.29, 0.717) is 0 Å². The van der Waals surface area contributed by atoms with E-state index in [-0.39, 0.29) is 0 Å². The maximum absolute atomic E-state index is 2.33. The molecule has 0 spiro atoms. The molecule has 0 unspecified atom stereocenters. The van der Waals surface area contributed by atoms with Crippen molar-refractivity contribution in [3.8, 4) is 0 Å². The van der Waals surface area contributed by atoms with Crippen LogP contribution < -0.4 is 4.90 Å². The summed E-state index contributed by atoms with van der Waals surface area (Å²) in [6, 6.07) is 17.5. The molecule has 3 rings (SSSR count). The fourth-order valence-corrected chi connectivity index (χ4v) is 2.66. The highest BCUT2D eigenvalue weighted by Gasteiger charge is 2.13. The molecule has 0 bridgehead atoms. The van der Waals surface area contributed by atoms with E-state index in [0.717, 1.165) is 12.8 Å². The summed E-state index contributed by atoms with van der Waals surface area (Å²) in [7, 11) is 4.14. The molecule has 0 aliphatic heterocycles. The predicted molar refractivity (Wildman–Crippen MR) is 82.6 cm³/mol. The Morgan fingerprint density at radius 2 is 1.42 bits per heavy atom. The van der Waals surface area contributed by atoms with Crippen LogP contribution in [-0.4, -0.2) is 14.1 Å². The summed E-state index contributed by atoms with van der Waals surface area (Å²) >= 11 is 0. The molecule has 0 saturated heterocycles. The van der Waals surface area contributed by atoms with Gasteiger partial charge in [-0.05, 0) is 41.7 Å². The van der Waals surface area contributed by atoms with Crippen molar-refractivity contribution < 1.29 is 0 Å². The highest BCUT2D eigenvalue weighted by atomic mass is 15.1. The van der Waals surface area contributed by atoms with Crippen molar-refractivity contribution in [3.63, 3.8) is 0 Å². The lowest BCUT2D eigenvalue weighted by Crippen LogP contribution is -2.07. The maximum atomic E-state index is 2.33. The van der Waals surface area contributed by atoms with Gasteiger partial charge in [0.25, 0.3) is 0 Å². The highest BCUT2D eigenvalue weighted by Crippen LogP contribution is 2.27. The van der Waals surface area contributed by atoms with Crippen LogP contribution in [0.1, 0.15) is 16.7 Å². The summed E-state index contributed by atoms with van der Waals surface area (Å²) in [5.41, 5.74) is 7.03. The minimum absolute atomic E-state index is 1.10. The van der Waals surface area contributed by atoms with E-state index in [1.807, 2.05) is 0 Å². The first-order valence-electron chi connectivity index (χ1n) is 6.76. The van der Waals surface area contributed by atoms with Crippen LogP contribution >= 0.6 is 0 Å². The summed E-state index contributed by atoms with van der Waals surface area (Å²) in [5.74, 6) is 0. The Morgan fingerprint density at radius 1 is 0.842 bits per heavy atom. The number of anilines is 1. The highest BCUT2D eigenvalue weighted by molar-refractivity contribution is 5.60. The Bertz CT molecular complexity index is 579. The van der Waals surface area contributed by atoms with Gasteiger partial charge < -0.3 is 4.90 Å². The Morgan fingerprint density at radius 3 is 1.95 bits per heavy atom. The fraction of sp³-hybridized carbons (Fsp3) is 0.222. The number of benzene rings is 2. The molecule has 1 aliphatic rings. The van der Waals surface area contributed by atoms with Gasteiger partial charge in [-0.15, -0.1) is 0 Å². The molecule has 2 aromatic carbocycles. The van der Waals surface area contributed by atoms with Crippen molar-refractivity contribution in [3.05, 3.63) is 70.8 Å². The number of fused-ring (bicyclic) bond motifs is 1. The van der Waals surface area contributed by atoms with Gasteiger partial charge in [0.2, 0.25) is 0 Å². The summed E-state index contributed by atoms with van der Waals surface area (Å²) in [4.78, 5) is 2.13. The van der Waals surface area contributed by atoms with Crippen LogP contribution in [0.15, 0.2) is 54.1 Å². The zero-order chi connectivity index (χ0) is 13.2. The fourth-order valence-electron chi connectivity index (χ4n) is 2.66. The molecule has 0 amide bonds. The van der Waals surface area contributed by atoms with Crippen molar-refractivity contribution in [2.45, 2.75) is 12.8 Å². The first kappa shape index (κ1) is 12.0. The lowest BCUT2D eigenvalue weighted by Gasteiger charge is -2.12. The van der Waals surface area contributed by atoms with Crippen LogP contribution in [0.5, 0.6) is 0 Å². The number of hydrogen-bond acceptors (Lipinski definition) is 1. The van der Waals surface area contributed by atoms with E-state index >= 15 is 0 Å². The van der Waals surface area contributed by atoms with Gasteiger partial charge in [-0.1, -0.05) is 48.0 Å². The minimum atomic E-state index is 1.10. The zero-order valence-corrected chi connectivity index (χ0v) is 11.6. The molecular formula is C18H19N. The molecule has 1 heteroatoms. The Labute approximate surface area is 115 Å². The standard InChI is InChI=1S/C18H19N/c1-19(2)18-9-7-14(8-10-18)11-15-12-16-5-3-4-6-17(16)13-15/h3-11H,12-13H2,1-2H3. The molecule has 2 aromatic rings. The molecule has 96 valence electrons. The molecule has 0 saturated carbocycles. The van der Waals surface area contributed by atoms with Crippen molar-refractivity contribution >= 4 is 11.8 Å². The van der Waals surface area contributed by atoms with E-state index in [1.165, 1.54) is 28.0 Å². The summed E-state index contributed by atoms with van der Waals surface area (Å²) in [5, 5.41) is 0. The first-order chi connectivity index (χ1) is 9.22. The zero-order valence-electron chi connectivity index (χ0n) is 11.6. The largest absolute Gasteiger partial charge is 0.378 e. The molecule has 0 fully saturated rings. The molecular weight excluding hydrogens is 230 g/mol. The van der Waals surface area contributed by atoms with Crippen LogP contribution in [0, 0.1) is 0 Å². The average molecular weight is 249 g/mol. The third-order valence-electron chi connectivity index (χ3n) is 3.73. The molecule has 0 heterocycles. The lowest BCUT2D eigenvalue weighted by molar-refractivity contribution is 1.13. The predicted octanol–water partition coefficient (Wildman–Crippen LogP) is 3.93. The number of hydrogen-bond donors (Lipinski definition) is 0.